The van der Waals surface area contributed by atoms with Crippen molar-refractivity contribution in [2.45, 2.75) is 33.1 Å². The third kappa shape index (κ3) is 4.43. The zero-order chi connectivity index (χ0) is 14.6. The Morgan fingerprint density at radius 1 is 1.11 bits per heavy atom. The molecule has 0 amide bonds. The normalized spacial score (nSPS) is 11.9. The second kappa shape index (κ2) is 6.29. The lowest BCUT2D eigenvalue weighted by molar-refractivity contribution is 0.360. The second-order valence-electron chi connectivity index (χ2n) is 6.34. The molecular formula is C16H29N3. The van der Waals surface area contributed by atoms with Gasteiger partial charge in [0.05, 0.1) is 0 Å². The fourth-order valence-corrected chi connectivity index (χ4v) is 2.08. The van der Waals surface area contributed by atoms with Crippen molar-refractivity contribution in [2.75, 3.05) is 44.4 Å². The van der Waals surface area contributed by atoms with Gasteiger partial charge in [0.1, 0.15) is 0 Å². The first-order valence-corrected chi connectivity index (χ1v) is 7.05. The van der Waals surface area contributed by atoms with Crippen LogP contribution in [0.1, 0.15) is 33.3 Å². The van der Waals surface area contributed by atoms with Gasteiger partial charge in [-0.15, -0.1) is 0 Å². The molecule has 0 aliphatic carbocycles. The fraction of sp³-hybridized carbons (Fsp3) is 0.625. The fourth-order valence-electron chi connectivity index (χ4n) is 2.08. The monoisotopic (exact) mass is 263 g/mol. The van der Waals surface area contributed by atoms with E-state index in [0.29, 0.717) is 0 Å². The van der Waals surface area contributed by atoms with Gasteiger partial charge in [0, 0.05) is 31.5 Å². The largest absolute Gasteiger partial charge is 0.398 e. The SMILES string of the molecule is CCN(C)CCN(C)c1ccc(C(C)(C)C)c(N)c1. The Bertz CT molecular complexity index is 407. The van der Waals surface area contributed by atoms with Gasteiger partial charge in [-0.2, -0.15) is 0 Å². The number of rotatable bonds is 5. The molecule has 3 nitrogen and oxygen atoms in total. The molecule has 1 rings (SSSR count). The minimum Gasteiger partial charge on any atom is -0.398 e. The minimum atomic E-state index is 0.101. The second-order valence-corrected chi connectivity index (χ2v) is 6.34. The summed E-state index contributed by atoms with van der Waals surface area (Å²) in [4.78, 5) is 4.57. The molecule has 0 bridgehead atoms. The molecular weight excluding hydrogens is 234 g/mol. The molecule has 108 valence electrons. The molecule has 0 saturated carbocycles. The van der Waals surface area contributed by atoms with Gasteiger partial charge in [0.15, 0.2) is 0 Å². The van der Waals surface area contributed by atoms with E-state index in [0.717, 1.165) is 25.3 Å². The number of likely N-dealkylation sites (N-methyl/N-ethyl adjacent to an activating group) is 2. The summed E-state index contributed by atoms with van der Waals surface area (Å²) in [6.07, 6.45) is 0. The van der Waals surface area contributed by atoms with Crippen LogP contribution in [0.15, 0.2) is 18.2 Å². The average molecular weight is 263 g/mol. The summed E-state index contributed by atoms with van der Waals surface area (Å²) in [7, 11) is 4.26. The van der Waals surface area contributed by atoms with Gasteiger partial charge in [-0.1, -0.05) is 33.8 Å². The zero-order valence-corrected chi connectivity index (χ0v) is 13.3. The predicted molar refractivity (Wildman–Crippen MR) is 86.0 cm³/mol. The molecule has 0 radical (unpaired) electrons. The highest BCUT2D eigenvalue weighted by Gasteiger charge is 2.17. The van der Waals surface area contributed by atoms with Crippen LogP contribution in [0.5, 0.6) is 0 Å². The van der Waals surface area contributed by atoms with Gasteiger partial charge in [0.2, 0.25) is 0 Å². The van der Waals surface area contributed by atoms with Crippen molar-refractivity contribution in [1.82, 2.24) is 4.90 Å². The van der Waals surface area contributed by atoms with Crippen molar-refractivity contribution in [3.63, 3.8) is 0 Å². The first-order chi connectivity index (χ1) is 8.75. The summed E-state index contributed by atoms with van der Waals surface area (Å²) < 4.78 is 0. The molecule has 2 N–H and O–H groups in total. The number of benzene rings is 1. The van der Waals surface area contributed by atoms with Crippen LogP contribution in [0.25, 0.3) is 0 Å². The van der Waals surface area contributed by atoms with E-state index < -0.39 is 0 Å². The van der Waals surface area contributed by atoms with Gasteiger partial charge < -0.3 is 15.5 Å². The number of nitrogens with zero attached hydrogens (tertiary/aromatic N) is 2. The third-order valence-corrected chi connectivity index (χ3v) is 3.64. The van der Waals surface area contributed by atoms with E-state index in [1.165, 1.54) is 11.3 Å². The van der Waals surface area contributed by atoms with Crippen LogP contribution in [0.3, 0.4) is 0 Å². The highest BCUT2D eigenvalue weighted by Crippen LogP contribution is 2.30. The molecule has 1 aromatic rings. The highest BCUT2D eigenvalue weighted by molar-refractivity contribution is 5.61. The molecule has 0 aliphatic rings. The molecule has 0 aromatic heterocycles. The molecule has 0 spiro atoms. The molecule has 0 aliphatic heterocycles. The molecule has 0 fully saturated rings. The first kappa shape index (κ1) is 15.8. The van der Waals surface area contributed by atoms with Crippen molar-refractivity contribution >= 4 is 11.4 Å². The standard InChI is InChI=1S/C16H29N3/c1-7-18(5)10-11-19(6)13-8-9-14(15(17)12-13)16(2,3)4/h8-9,12H,7,10-11,17H2,1-6H3. The maximum Gasteiger partial charge on any atom is 0.0384 e. The van der Waals surface area contributed by atoms with E-state index in [4.69, 9.17) is 5.73 Å². The molecule has 0 saturated heterocycles. The lowest BCUT2D eigenvalue weighted by Gasteiger charge is -2.26. The van der Waals surface area contributed by atoms with E-state index in [2.05, 4.69) is 69.8 Å². The van der Waals surface area contributed by atoms with E-state index >= 15 is 0 Å². The van der Waals surface area contributed by atoms with Crippen LogP contribution in [0.4, 0.5) is 11.4 Å². The maximum atomic E-state index is 6.19. The topological polar surface area (TPSA) is 32.5 Å². The van der Waals surface area contributed by atoms with E-state index in [1.807, 2.05) is 0 Å². The maximum absolute atomic E-state index is 6.19. The summed E-state index contributed by atoms with van der Waals surface area (Å²) in [5, 5.41) is 0. The number of nitrogens with two attached hydrogens (primary N) is 1. The van der Waals surface area contributed by atoms with E-state index in [9.17, 15) is 0 Å². The van der Waals surface area contributed by atoms with Crippen LogP contribution >= 0.6 is 0 Å². The van der Waals surface area contributed by atoms with Crippen molar-refractivity contribution in [3.05, 3.63) is 23.8 Å². The summed E-state index contributed by atoms with van der Waals surface area (Å²) in [5.74, 6) is 0. The van der Waals surface area contributed by atoms with Crippen LogP contribution < -0.4 is 10.6 Å². The average Bonchev–Trinajstić information content (AvgIpc) is 2.33. The minimum absolute atomic E-state index is 0.101. The van der Waals surface area contributed by atoms with Crippen LogP contribution in [-0.4, -0.2) is 38.6 Å². The first-order valence-electron chi connectivity index (χ1n) is 7.05. The quantitative estimate of drug-likeness (QED) is 0.829. The van der Waals surface area contributed by atoms with Gasteiger partial charge >= 0.3 is 0 Å². The smallest absolute Gasteiger partial charge is 0.0384 e. The Balaban J connectivity index is 2.78. The lowest BCUT2D eigenvalue weighted by atomic mass is 9.86. The number of hydrogen-bond donors (Lipinski definition) is 1. The van der Waals surface area contributed by atoms with Gasteiger partial charge in [0.25, 0.3) is 0 Å². The third-order valence-electron chi connectivity index (χ3n) is 3.64. The van der Waals surface area contributed by atoms with Crippen molar-refractivity contribution in [3.8, 4) is 0 Å². The summed E-state index contributed by atoms with van der Waals surface area (Å²) in [6.45, 7) is 11.9. The Kier molecular flexibility index (Phi) is 5.24. The van der Waals surface area contributed by atoms with E-state index in [-0.39, 0.29) is 5.41 Å². The Labute approximate surface area is 118 Å². The molecule has 0 heterocycles. The van der Waals surface area contributed by atoms with Crippen molar-refractivity contribution in [2.24, 2.45) is 0 Å². The van der Waals surface area contributed by atoms with Crippen LogP contribution in [0.2, 0.25) is 0 Å². The molecule has 0 atom stereocenters. The predicted octanol–water partition coefficient (Wildman–Crippen LogP) is 2.95. The Hall–Kier alpha value is -1.22. The van der Waals surface area contributed by atoms with Crippen molar-refractivity contribution in [1.29, 1.82) is 0 Å². The van der Waals surface area contributed by atoms with E-state index in [1.54, 1.807) is 0 Å². The number of nitrogen functional groups attached to an aromatic ring is 1. The molecule has 3 heteroatoms. The Morgan fingerprint density at radius 3 is 2.21 bits per heavy atom. The summed E-state index contributed by atoms with van der Waals surface area (Å²) in [5.41, 5.74) is 9.59. The van der Waals surface area contributed by atoms with Gasteiger partial charge in [-0.05, 0) is 36.7 Å². The number of hydrogen-bond acceptors (Lipinski definition) is 3. The van der Waals surface area contributed by atoms with Crippen LogP contribution in [-0.2, 0) is 5.41 Å². The van der Waals surface area contributed by atoms with Gasteiger partial charge in [-0.3, -0.25) is 0 Å². The molecule has 1 aromatic carbocycles. The highest BCUT2D eigenvalue weighted by atomic mass is 15.2. The summed E-state index contributed by atoms with van der Waals surface area (Å²) >= 11 is 0. The summed E-state index contributed by atoms with van der Waals surface area (Å²) in [6, 6.07) is 6.42. The van der Waals surface area contributed by atoms with Crippen LogP contribution in [0, 0.1) is 0 Å². The zero-order valence-electron chi connectivity index (χ0n) is 13.3. The number of anilines is 2. The molecule has 19 heavy (non-hydrogen) atoms. The molecule has 0 unspecified atom stereocenters. The van der Waals surface area contributed by atoms with Gasteiger partial charge in [-0.25, -0.2) is 0 Å². The lowest BCUT2D eigenvalue weighted by Crippen LogP contribution is -2.30. The van der Waals surface area contributed by atoms with Crippen molar-refractivity contribution < 1.29 is 0 Å². The Morgan fingerprint density at radius 2 is 1.74 bits per heavy atom.